The van der Waals surface area contributed by atoms with Gasteiger partial charge >= 0.3 is 5.97 Å². The number of hydrogen-bond donors (Lipinski definition) is 0. The monoisotopic (exact) mass is 236 g/mol. The lowest BCUT2D eigenvalue weighted by Gasteiger charge is -2.17. The van der Waals surface area contributed by atoms with Crippen LogP contribution in [0.5, 0.6) is 5.75 Å². The molecule has 0 radical (unpaired) electrons. The van der Waals surface area contributed by atoms with Crippen molar-refractivity contribution >= 4 is 5.97 Å². The minimum Gasteiger partial charge on any atom is -0.494 e. The molecule has 0 N–H and O–H groups in total. The summed E-state index contributed by atoms with van der Waals surface area (Å²) in [6.45, 7) is 8.56. The van der Waals surface area contributed by atoms with Crippen molar-refractivity contribution < 1.29 is 14.3 Å². The largest absolute Gasteiger partial charge is 0.494 e. The Morgan fingerprint density at radius 2 is 2.00 bits per heavy atom. The Labute approximate surface area is 103 Å². The molecular formula is C14H20O3. The van der Waals surface area contributed by atoms with Gasteiger partial charge in [-0.3, -0.25) is 4.79 Å². The van der Waals surface area contributed by atoms with Crippen LogP contribution in [0.25, 0.3) is 0 Å². The van der Waals surface area contributed by atoms with Gasteiger partial charge in [-0.2, -0.15) is 0 Å². The van der Waals surface area contributed by atoms with Crippen molar-refractivity contribution in [2.75, 3.05) is 13.2 Å². The lowest BCUT2D eigenvalue weighted by molar-refractivity contribution is -0.144. The summed E-state index contributed by atoms with van der Waals surface area (Å²) >= 11 is 0. The van der Waals surface area contributed by atoms with Crippen LogP contribution in [0.3, 0.4) is 0 Å². The minimum absolute atomic E-state index is 0.206. The van der Waals surface area contributed by atoms with Gasteiger partial charge in [-0.05, 0) is 39.3 Å². The van der Waals surface area contributed by atoms with Crippen molar-refractivity contribution in [2.24, 2.45) is 0 Å². The maximum atomic E-state index is 11.8. The van der Waals surface area contributed by atoms with E-state index in [-0.39, 0.29) is 11.9 Å². The molecule has 0 aromatic heterocycles. The van der Waals surface area contributed by atoms with Crippen LogP contribution in [0.2, 0.25) is 0 Å². The predicted molar refractivity (Wildman–Crippen MR) is 67.4 cm³/mol. The Hall–Kier alpha value is -1.51. The first kappa shape index (κ1) is 13.6. The highest BCUT2D eigenvalue weighted by atomic mass is 16.5. The Balaban J connectivity index is 3.05. The second-order valence-electron chi connectivity index (χ2n) is 3.89. The maximum Gasteiger partial charge on any atom is 0.313 e. The molecule has 3 nitrogen and oxygen atoms in total. The summed E-state index contributed by atoms with van der Waals surface area (Å²) in [5.74, 6) is 0.272. The van der Waals surface area contributed by atoms with Crippen LogP contribution in [0, 0.1) is 6.92 Å². The summed E-state index contributed by atoms with van der Waals surface area (Å²) in [6.07, 6.45) is 0. The zero-order valence-corrected chi connectivity index (χ0v) is 10.9. The first-order chi connectivity index (χ1) is 8.11. The van der Waals surface area contributed by atoms with Crippen LogP contribution in [0.4, 0.5) is 0 Å². The van der Waals surface area contributed by atoms with Gasteiger partial charge in [0.25, 0.3) is 0 Å². The van der Waals surface area contributed by atoms with Gasteiger partial charge in [-0.25, -0.2) is 0 Å². The molecule has 0 bridgehead atoms. The molecule has 0 aliphatic carbocycles. The highest BCUT2D eigenvalue weighted by Gasteiger charge is 2.22. The predicted octanol–water partition coefficient (Wildman–Crippen LogP) is 3.06. The first-order valence-corrected chi connectivity index (χ1v) is 6.00. The zero-order chi connectivity index (χ0) is 12.8. The van der Waals surface area contributed by atoms with E-state index < -0.39 is 0 Å². The summed E-state index contributed by atoms with van der Waals surface area (Å²) in [5, 5.41) is 0. The smallest absolute Gasteiger partial charge is 0.313 e. The van der Waals surface area contributed by atoms with Gasteiger partial charge in [0.05, 0.1) is 19.1 Å². The minimum atomic E-state index is -0.294. The van der Waals surface area contributed by atoms with E-state index in [1.54, 1.807) is 0 Å². The number of aryl methyl sites for hydroxylation is 1. The third kappa shape index (κ3) is 3.22. The standard InChI is InChI=1S/C14H20O3/c1-5-16-12-9-7-8-10(3)13(12)11(4)14(15)17-6-2/h7-9,11H,5-6H2,1-4H3. The van der Waals surface area contributed by atoms with Crippen molar-refractivity contribution in [1.29, 1.82) is 0 Å². The third-order valence-electron chi connectivity index (χ3n) is 2.66. The van der Waals surface area contributed by atoms with Crippen molar-refractivity contribution in [3.05, 3.63) is 29.3 Å². The summed E-state index contributed by atoms with van der Waals surface area (Å²) in [7, 11) is 0. The molecule has 0 spiro atoms. The number of ether oxygens (including phenoxy) is 2. The Kier molecular flexibility index (Phi) is 5.01. The van der Waals surface area contributed by atoms with Gasteiger partial charge in [0, 0.05) is 5.56 Å². The Morgan fingerprint density at radius 3 is 2.59 bits per heavy atom. The summed E-state index contributed by atoms with van der Waals surface area (Å²) in [5.41, 5.74) is 1.98. The van der Waals surface area contributed by atoms with E-state index in [1.807, 2.05) is 45.9 Å². The summed E-state index contributed by atoms with van der Waals surface area (Å²) in [4.78, 5) is 11.8. The molecule has 1 rings (SSSR count). The normalized spacial score (nSPS) is 12.0. The number of hydrogen-bond acceptors (Lipinski definition) is 3. The molecule has 0 fully saturated rings. The van der Waals surface area contributed by atoms with Crippen molar-refractivity contribution in [1.82, 2.24) is 0 Å². The second-order valence-corrected chi connectivity index (χ2v) is 3.89. The molecule has 1 aromatic carbocycles. The molecule has 0 saturated heterocycles. The fourth-order valence-corrected chi connectivity index (χ4v) is 1.88. The van der Waals surface area contributed by atoms with Gasteiger partial charge < -0.3 is 9.47 Å². The first-order valence-electron chi connectivity index (χ1n) is 6.00. The molecule has 0 aliphatic heterocycles. The molecule has 1 aromatic rings. The van der Waals surface area contributed by atoms with Crippen molar-refractivity contribution in [2.45, 2.75) is 33.6 Å². The fraction of sp³-hybridized carbons (Fsp3) is 0.500. The van der Waals surface area contributed by atoms with E-state index in [1.165, 1.54) is 0 Å². The molecule has 1 unspecified atom stereocenters. The van der Waals surface area contributed by atoms with Gasteiger partial charge in [0.1, 0.15) is 5.75 Å². The third-order valence-corrected chi connectivity index (χ3v) is 2.66. The number of carbonyl (C=O) groups excluding carboxylic acids is 1. The summed E-state index contributed by atoms with van der Waals surface area (Å²) < 4.78 is 10.6. The number of rotatable bonds is 5. The molecule has 0 saturated carbocycles. The lowest BCUT2D eigenvalue weighted by Crippen LogP contribution is -2.15. The van der Waals surface area contributed by atoms with Crippen LogP contribution in [-0.2, 0) is 9.53 Å². The molecule has 0 aliphatic rings. The Morgan fingerprint density at radius 1 is 1.29 bits per heavy atom. The van der Waals surface area contributed by atoms with E-state index >= 15 is 0 Å². The lowest BCUT2D eigenvalue weighted by atomic mass is 9.95. The molecule has 0 heterocycles. The van der Waals surface area contributed by atoms with Crippen LogP contribution in [-0.4, -0.2) is 19.2 Å². The molecule has 3 heteroatoms. The van der Waals surface area contributed by atoms with Gasteiger partial charge in [0.15, 0.2) is 0 Å². The highest BCUT2D eigenvalue weighted by molar-refractivity contribution is 5.79. The maximum absolute atomic E-state index is 11.8. The van der Waals surface area contributed by atoms with Crippen molar-refractivity contribution in [3.8, 4) is 5.75 Å². The topological polar surface area (TPSA) is 35.5 Å². The van der Waals surface area contributed by atoms with Crippen LogP contribution in [0.1, 0.15) is 37.8 Å². The average molecular weight is 236 g/mol. The average Bonchev–Trinajstić information content (AvgIpc) is 2.29. The number of carbonyl (C=O) groups is 1. The SMILES string of the molecule is CCOC(=O)C(C)c1c(C)cccc1OCC. The quantitative estimate of drug-likeness (QED) is 0.737. The van der Waals surface area contributed by atoms with Crippen LogP contribution < -0.4 is 4.74 Å². The van der Waals surface area contributed by atoms with Crippen molar-refractivity contribution in [3.63, 3.8) is 0 Å². The van der Waals surface area contributed by atoms with E-state index in [0.717, 1.165) is 16.9 Å². The molecule has 1 atom stereocenters. The van der Waals surface area contributed by atoms with Gasteiger partial charge in [0.2, 0.25) is 0 Å². The van der Waals surface area contributed by atoms with Gasteiger partial charge in [-0.15, -0.1) is 0 Å². The van der Waals surface area contributed by atoms with E-state index in [9.17, 15) is 4.79 Å². The zero-order valence-electron chi connectivity index (χ0n) is 10.9. The van der Waals surface area contributed by atoms with E-state index in [2.05, 4.69) is 0 Å². The molecule has 0 amide bonds. The summed E-state index contributed by atoms with van der Waals surface area (Å²) in [6, 6.07) is 5.80. The molecular weight excluding hydrogens is 216 g/mol. The highest BCUT2D eigenvalue weighted by Crippen LogP contribution is 2.30. The van der Waals surface area contributed by atoms with E-state index in [4.69, 9.17) is 9.47 Å². The Bertz CT molecular complexity index is 385. The fourth-order valence-electron chi connectivity index (χ4n) is 1.88. The second kappa shape index (κ2) is 6.28. The van der Waals surface area contributed by atoms with Crippen LogP contribution >= 0.6 is 0 Å². The molecule has 17 heavy (non-hydrogen) atoms. The molecule has 94 valence electrons. The van der Waals surface area contributed by atoms with Gasteiger partial charge in [-0.1, -0.05) is 12.1 Å². The number of esters is 1. The number of benzene rings is 1. The van der Waals surface area contributed by atoms with Crippen LogP contribution in [0.15, 0.2) is 18.2 Å². The van der Waals surface area contributed by atoms with E-state index in [0.29, 0.717) is 13.2 Å².